The Labute approximate surface area is 128 Å². The highest BCUT2D eigenvalue weighted by molar-refractivity contribution is 5.92. The molecule has 0 atom stereocenters. The van der Waals surface area contributed by atoms with Crippen molar-refractivity contribution in [3.63, 3.8) is 0 Å². The normalized spacial score (nSPS) is 10.0. The minimum absolute atomic E-state index is 0.0217. The summed E-state index contributed by atoms with van der Waals surface area (Å²) in [6, 6.07) is 9.38. The van der Waals surface area contributed by atoms with E-state index < -0.39 is 12.0 Å². The van der Waals surface area contributed by atoms with Gasteiger partial charge in [-0.1, -0.05) is 29.8 Å². The van der Waals surface area contributed by atoms with Crippen LogP contribution in [0, 0.1) is 6.92 Å². The van der Waals surface area contributed by atoms with Crippen molar-refractivity contribution in [3.05, 3.63) is 65.0 Å². The molecule has 0 unspecified atom stereocenters. The Morgan fingerprint density at radius 3 is 2.59 bits per heavy atom. The van der Waals surface area contributed by atoms with Gasteiger partial charge >= 0.3 is 6.09 Å². The van der Waals surface area contributed by atoms with E-state index in [0.29, 0.717) is 12.1 Å². The maximum Gasteiger partial charge on any atom is 0.407 e. The number of rotatable bonds is 5. The van der Waals surface area contributed by atoms with E-state index in [2.05, 4.69) is 10.3 Å². The second-order valence-electron chi connectivity index (χ2n) is 4.86. The summed E-state index contributed by atoms with van der Waals surface area (Å²) in [5, 5.41) is 2.65. The number of nitrogens with two attached hydrogens (primary N) is 1. The molecule has 0 bridgehead atoms. The fourth-order valence-corrected chi connectivity index (χ4v) is 1.78. The number of carbonyl (C=O) groups excluding carboxylic acids is 2. The van der Waals surface area contributed by atoms with Crippen LogP contribution < -0.4 is 11.1 Å². The zero-order chi connectivity index (χ0) is 15.9. The molecule has 6 nitrogen and oxygen atoms in total. The van der Waals surface area contributed by atoms with Gasteiger partial charge in [0.2, 0.25) is 5.91 Å². The summed E-state index contributed by atoms with van der Waals surface area (Å²) < 4.78 is 5.07. The molecule has 0 aliphatic carbocycles. The van der Waals surface area contributed by atoms with Gasteiger partial charge < -0.3 is 15.8 Å². The SMILES string of the molecule is Cc1ccc(CNC(=O)OCc2cncc(C(N)=O)c2)cc1. The van der Waals surface area contributed by atoms with E-state index >= 15 is 0 Å². The second-order valence-corrected chi connectivity index (χ2v) is 4.86. The van der Waals surface area contributed by atoms with E-state index in [1.807, 2.05) is 31.2 Å². The maximum absolute atomic E-state index is 11.6. The quantitative estimate of drug-likeness (QED) is 0.881. The van der Waals surface area contributed by atoms with Crippen molar-refractivity contribution >= 4 is 12.0 Å². The number of hydrogen-bond acceptors (Lipinski definition) is 4. The smallest absolute Gasteiger partial charge is 0.407 e. The molecule has 3 N–H and O–H groups in total. The molecule has 0 spiro atoms. The van der Waals surface area contributed by atoms with Crippen molar-refractivity contribution in [2.24, 2.45) is 5.73 Å². The average Bonchev–Trinajstić information content (AvgIpc) is 2.52. The van der Waals surface area contributed by atoms with Crippen molar-refractivity contribution in [1.29, 1.82) is 0 Å². The van der Waals surface area contributed by atoms with Crippen LogP contribution in [0.15, 0.2) is 42.7 Å². The first kappa shape index (κ1) is 15.5. The first-order valence-electron chi connectivity index (χ1n) is 6.74. The summed E-state index contributed by atoms with van der Waals surface area (Å²) >= 11 is 0. The van der Waals surface area contributed by atoms with E-state index in [4.69, 9.17) is 10.5 Å². The highest BCUT2D eigenvalue weighted by atomic mass is 16.5. The van der Waals surface area contributed by atoms with E-state index in [-0.39, 0.29) is 12.2 Å². The van der Waals surface area contributed by atoms with Crippen molar-refractivity contribution in [1.82, 2.24) is 10.3 Å². The van der Waals surface area contributed by atoms with Gasteiger partial charge in [0.05, 0.1) is 5.56 Å². The number of aryl methyl sites for hydroxylation is 1. The Balaban J connectivity index is 1.81. The molecular formula is C16H17N3O3. The maximum atomic E-state index is 11.6. The molecule has 0 saturated heterocycles. The number of ether oxygens (including phenoxy) is 1. The molecule has 114 valence electrons. The molecule has 1 heterocycles. The lowest BCUT2D eigenvalue weighted by atomic mass is 10.1. The van der Waals surface area contributed by atoms with E-state index in [1.165, 1.54) is 12.4 Å². The van der Waals surface area contributed by atoms with Gasteiger partial charge in [-0.15, -0.1) is 0 Å². The molecule has 6 heteroatoms. The third-order valence-corrected chi connectivity index (χ3v) is 3.01. The second kappa shape index (κ2) is 7.21. The number of aromatic nitrogens is 1. The number of alkyl carbamates (subject to hydrolysis) is 1. The van der Waals surface area contributed by atoms with Crippen molar-refractivity contribution in [3.8, 4) is 0 Å². The van der Waals surface area contributed by atoms with Gasteiger partial charge in [-0.25, -0.2) is 4.79 Å². The molecular weight excluding hydrogens is 282 g/mol. The van der Waals surface area contributed by atoms with E-state index in [0.717, 1.165) is 11.1 Å². The van der Waals surface area contributed by atoms with Crippen LogP contribution in [0.4, 0.5) is 4.79 Å². The Kier molecular flexibility index (Phi) is 5.08. The zero-order valence-electron chi connectivity index (χ0n) is 12.2. The van der Waals surface area contributed by atoms with Crippen LogP contribution in [0.5, 0.6) is 0 Å². The Hall–Kier alpha value is -2.89. The van der Waals surface area contributed by atoms with Gasteiger partial charge in [0.1, 0.15) is 6.61 Å². The molecule has 2 amide bonds. The molecule has 1 aromatic carbocycles. The average molecular weight is 299 g/mol. The first-order valence-corrected chi connectivity index (χ1v) is 6.74. The Bertz CT molecular complexity index is 669. The van der Waals surface area contributed by atoms with Crippen LogP contribution >= 0.6 is 0 Å². The van der Waals surface area contributed by atoms with Crippen molar-refractivity contribution < 1.29 is 14.3 Å². The number of primary amides is 1. The van der Waals surface area contributed by atoms with Gasteiger partial charge in [-0.3, -0.25) is 9.78 Å². The fraction of sp³-hybridized carbons (Fsp3) is 0.188. The van der Waals surface area contributed by atoms with Crippen LogP contribution in [0.2, 0.25) is 0 Å². The summed E-state index contributed by atoms with van der Waals surface area (Å²) in [5.41, 5.74) is 8.19. The number of nitrogens with one attached hydrogen (secondary N) is 1. The summed E-state index contributed by atoms with van der Waals surface area (Å²) in [7, 11) is 0. The molecule has 22 heavy (non-hydrogen) atoms. The lowest BCUT2D eigenvalue weighted by molar-refractivity contribution is 0.0999. The summed E-state index contributed by atoms with van der Waals surface area (Å²) in [6.07, 6.45) is 2.34. The van der Waals surface area contributed by atoms with Crippen LogP contribution in [-0.2, 0) is 17.9 Å². The number of amides is 2. The highest BCUT2D eigenvalue weighted by Crippen LogP contribution is 2.05. The molecule has 0 fully saturated rings. The molecule has 2 aromatic rings. The number of nitrogens with zero attached hydrogens (tertiary/aromatic N) is 1. The number of benzene rings is 1. The number of hydrogen-bond donors (Lipinski definition) is 2. The minimum Gasteiger partial charge on any atom is -0.445 e. The lowest BCUT2D eigenvalue weighted by Crippen LogP contribution is -2.23. The standard InChI is InChI=1S/C16H17N3O3/c1-11-2-4-12(5-3-11)8-19-16(21)22-10-13-6-14(15(17)20)9-18-7-13/h2-7,9H,8,10H2,1H3,(H2,17,20)(H,19,21). The predicted molar refractivity (Wildman–Crippen MR) is 81.0 cm³/mol. The van der Waals surface area contributed by atoms with Gasteiger partial charge in [0.15, 0.2) is 0 Å². The highest BCUT2D eigenvalue weighted by Gasteiger charge is 2.06. The van der Waals surface area contributed by atoms with Crippen LogP contribution in [0.1, 0.15) is 27.0 Å². The van der Waals surface area contributed by atoms with Gasteiger partial charge in [0, 0.05) is 24.5 Å². The first-order chi connectivity index (χ1) is 10.5. The number of pyridine rings is 1. The summed E-state index contributed by atoms with van der Waals surface area (Å²) in [4.78, 5) is 26.5. The van der Waals surface area contributed by atoms with Crippen LogP contribution in [0.3, 0.4) is 0 Å². The molecule has 0 aliphatic heterocycles. The third-order valence-electron chi connectivity index (χ3n) is 3.01. The monoisotopic (exact) mass is 299 g/mol. The fourth-order valence-electron chi connectivity index (χ4n) is 1.78. The predicted octanol–water partition coefficient (Wildman–Crippen LogP) is 1.92. The number of carbonyl (C=O) groups is 2. The minimum atomic E-state index is -0.571. The Morgan fingerprint density at radius 2 is 1.91 bits per heavy atom. The van der Waals surface area contributed by atoms with Crippen LogP contribution in [0.25, 0.3) is 0 Å². The summed E-state index contributed by atoms with van der Waals surface area (Å²) in [6.45, 7) is 2.41. The molecule has 1 aromatic heterocycles. The molecule has 0 saturated carbocycles. The van der Waals surface area contributed by atoms with Gasteiger partial charge in [-0.2, -0.15) is 0 Å². The lowest BCUT2D eigenvalue weighted by Gasteiger charge is -2.07. The molecule has 0 radical (unpaired) electrons. The van der Waals surface area contributed by atoms with Gasteiger partial charge in [-0.05, 0) is 18.6 Å². The van der Waals surface area contributed by atoms with E-state index in [9.17, 15) is 9.59 Å². The zero-order valence-corrected chi connectivity index (χ0v) is 12.2. The van der Waals surface area contributed by atoms with Gasteiger partial charge in [0.25, 0.3) is 0 Å². The van der Waals surface area contributed by atoms with Crippen molar-refractivity contribution in [2.45, 2.75) is 20.1 Å². The topological polar surface area (TPSA) is 94.3 Å². The Morgan fingerprint density at radius 1 is 1.18 bits per heavy atom. The molecule has 2 rings (SSSR count). The third kappa shape index (κ3) is 4.59. The van der Waals surface area contributed by atoms with Crippen molar-refractivity contribution in [2.75, 3.05) is 0 Å². The summed E-state index contributed by atoms with van der Waals surface area (Å²) in [5.74, 6) is -0.571. The molecule has 0 aliphatic rings. The largest absolute Gasteiger partial charge is 0.445 e. The van der Waals surface area contributed by atoms with Crippen LogP contribution in [-0.4, -0.2) is 17.0 Å². The van der Waals surface area contributed by atoms with E-state index in [1.54, 1.807) is 6.07 Å².